The highest BCUT2D eigenvalue weighted by Gasteiger charge is 2.20. The first-order valence-corrected chi connectivity index (χ1v) is 13.4. The summed E-state index contributed by atoms with van der Waals surface area (Å²) < 4.78 is 21.5. The molecule has 0 amide bonds. The van der Waals surface area contributed by atoms with Crippen molar-refractivity contribution in [1.82, 2.24) is 0 Å². The van der Waals surface area contributed by atoms with E-state index in [2.05, 4.69) is 23.5 Å². The van der Waals surface area contributed by atoms with Crippen LogP contribution < -0.4 is 0 Å². The van der Waals surface area contributed by atoms with Gasteiger partial charge in [-0.25, -0.2) is 5.21 Å². The number of carbonyl (C=O) groups is 2. The lowest BCUT2D eigenvalue weighted by Gasteiger charge is -2.19. The van der Waals surface area contributed by atoms with Gasteiger partial charge < -0.3 is 23.8 Å². The lowest BCUT2D eigenvalue weighted by molar-refractivity contribution is -0.977. The summed E-state index contributed by atoms with van der Waals surface area (Å²) >= 11 is 0. The molecule has 0 saturated carbocycles. The molecule has 1 unspecified atom stereocenters. The van der Waals surface area contributed by atoms with Crippen LogP contribution in [0, 0.1) is 15.0 Å². The Bertz CT molecular complexity index is 620. The Labute approximate surface area is 223 Å². The van der Waals surface area contributed by atoms with Crippen molar-refractivity contribution < 1.29 is 53.6 Å². The molecule has 0 spiro atoms. The fraction of sp³-hybridized carbons (Fsp3) is 0.917. The average molecular weight is 554 g/mol. The van der Waals surface area contributed by atoms with Crippen LogP contribution in [0.4, 0.5) is 0 Å². The quantitative estimate of drug-likeness (QED) is 0.0674. The summed E-state index contributed by atoms with van der Waals surface area (Å²) in [6, 6.07) is 0. The second-order valence-corrected chi connectivity index (χ2v) is 8.75. The number of carbonyl (C=O) groups excluding carboxylic acids is 2. The Morgan fingerprint density at radius 2 is 1.26 bits per heavy atom. The van der Waals surface area contributed by atoms with Gasteiger partial charge in [0.05, 0.1) is 19.8 Å². The standard InChI is InChI=1S/C24H45N2O12/c1-3-5-7-9-11-13-23(27)35-18-21(19-36-24(28)14-12-10-8-6-4-2)34-16-15-33-17-22(38-26(31)32)20-37-25(29)30/h21-22H,3-20H2,1-2H3,(H,29,30)/q+1. The maximum Gasteiger partial charge on any atom is 0.475 e. The van der Waals surface area contributed by atoms with Gasteiger partial charge in [0.25, 0.3) is 5.09 Å². The Morgan fingerprint density at radius 3 is 1.74 bits per heavy atom. The monoisotopic (exact) mass is 553 g/mol. The lowest BCUT2D eigenvalue weighted by atomic mass is 10.1. The Kier molecular flexibility index (Phi) is 22.8. The van der Waals surface area contributed by atoms with Crippen molar-refractivity contribution in [3.05, 3.63) is 15.0 Å². The van der Waals surface area contributed by atoms with E-state index >= 15 is 0 Å². The maximum absolute atomic E-state index is 12.1. The van der Waals surface area contributed by atoms with E-state index in [9.17, 15) is 24.6 Å². The van der Waals surface area contributed by atoms with Crippen molar-refractivity contribution in [2.75, 3.05) is 39.6 Å². The van der Waals surface area contributed by atoms with Crippen LogP contribution in [0.2, 0.25) is 0 Å². The molecule has 1 atom stereocenters. The van der Waals surface area contributed by atoms with Gasteiger partial charge >= 0.3 is 17.0 Å². The minimum atomic E-state index is -1.26. The molecule has 0 fully saturated rings. The van der Waals surface area contributed by atoms with Crippen LogP contribution in [0.15, 0.2) is 0 Å². The van der Waals surface area contributed by atoms with Crippen LogP contribution in [-0.4, -0.2) is 79.2 Å². The third-order valence-electron chi connectivity index (χ3n) is 5.32. The lowest BCUT2D eigenvalue weighted by Crippen LogP contribution is -2.32. The number of rotatable bonds is 27. The molecule has 0 bridgehead atoms. The Morgan fingerprint density at radius 1 is 0.737 bits per heavy atom. The van der Waals surface area contributed by atoms with Crippen molar-refractivity contribution in [1.29, 1.82) is 0 Å². The van der Waals surface area contributed by atoms with E-state index in [1.165, 1.54) is 0 Å². The highest BCUT2D eigenvalue weighted by molar-refractivity contribution is 5.69. The Hall–Kier alpha value is -2.74. The molecule has 0 aromatic heterocycles. The van der Waals surface area contributed by atoms with E-state index in [1.54, 1.807) is 0 Å². The van der Waals surface area contributed by atoms with Gasteiger partial charge in [0.1, 0.15) is 24.2 Å². The molecule has 0 heterocycles. The molecule has 0 aromatic rings. The van der Waals surface area contributed by atoms with E-state index in [0.717, 1.165) is 64.2 Å². The molecule has 0 saturated heterocycles. The number of ether oxygens (including phenoxy) is 4. The number of hydrogen-bond donors (Lipinski definition) is 1. The van der Waals surface area contributed by atoms with Crippen LogP contribution in [0.25, 0.3) is 0 Å². The van der Waals surface area contributed by atoms with Gasteiger partial charge in [-0.1, -0.05) is 65.2 Å². The number of hydrogen-bond acceptors (Lipinski definition) is 11. The summed E-state index contributed by atoms with van der Waals surface area (Å²) in [6.07, 6.45) is 8.61. The zero-order valence-electron chi connectivity index (χ0n) is 22.7. The second-order valence-electron chi connectivity index (χ2n) is 8.75. The largest absolute Gasteiger partial charge is 0.475 e. The number of unbranched alkanes of at least 4 members (excludes halogenated alkanes) is 8. The molecule has 38 heavy (non-hydrogen) atoms. The van der Waals surface area contributed by atoms with Gasteiger partial charge in [-0.15, -0.1) is 10.1 Å². The molecule has 14 heteroatoms. The van der Waals surface area contributed by atoms with Crippen molar-refractivity contribution in [3.63, 3.8) is 0 Å². The van der Waals surface area contributed by atoms with Crippen LogP contribution in [-0.2, 0) is 38.2 Å². The van der Waals surface area contributed by atoms with E-state index in [4.69, 9.17) is 24.2 Å². The first-order chi connectivity index (χ1) is 18.3. The zero-order chi connectivity index (χ0) is 28.4. The minimum absolute atomic E-state index is 0.00642. The molecule has 1 N–H and O–H groups in total. The van der Waals surface area contributed by atoms with Gasteiger partial charge in [0.2, 0.25) is 0 Å². The number of esters is 2. The summed E-state index contributed by atoms with van der Waals surface area (Å²) in [7, 11) is 0. The van der Waals surface area contributed by atoms with Crippen molar-refractivity contribution in [2.24, 2.45) is 0 Å². The summed E-state index contributed by atoms with van der Waals surface area (Å²) in [4.78, 5) is 53.5. The predicted molar refractivity (Wildman–Crippen MR) is 132 cm³/mol. The zero-order valence-corrected chi connectivity index (χ0v) is 22.7. The Balaban J connectivity index is 4.52. The van der Waals surface area contributed by atoms with E-state index < -0.39 is 29.0 Å². The highest BCUT2D eigenvalue weighted by Crippen LogP contribution is 2.08. The molecular weight excluding hydrogens is 508 g/mol. The summed E-state index contributed by atoms with van der Waals surface area (Å²) in [6.45, 7) is 3.03. The molecular formula is C24H45N2O12+. The van der Waals surface area contributed by atoms with E-state index in [1.807, 2.05) is 0 Å². The SMILES string of the molecule is CCCCCCCC(=O)OCC(COC(=O)CCCCCCC)OCCOCC(CO[N+](=O)O)O[N+](=O)[O-]. The van der Waals surface area contributed by atoms with Crippen LogP contribution in [0.5, 0.6) is 0 Å². The predicted octanol–water partition coefficient (Wildman–Crippen LogP) is 3.87. The van der Waals surface area contributed by atoms with Gasteiger partial charge in [0.15, 0.2) is 12.7 Å². The fourth-order valence-electron chi connectivity index (χ4n) is 3.27. The normalized spacial score (nSPS) is 11.7. The third-order valence-corrected chi connectivity index (χ3v) is 5.32. The minimum Gasteiger partial charge on any atom is -0.463 e. The van der Waals surface area contributed by atoms with Gasteiger partial charge in [-0.05, 0) is 12.8 Å². The summed E-state index contributed by atoms with van der Waals surface area (Å²) in [5, 5.41) is 17.0. The van der Waals surface area contributed by atoms with Gasteiger partial charge in [0, 0.05) is 12.8 Å². The highest BCUT2D eigenvalue weighted by atomic mass is 17.0. The number of nitrogens with zero attached hydrogens (tertiary/aromatic N) is 2. The van der Waals surface area contributed by atoms with Crippen molar-refractivity contribution >= 4 is 11.9 Å². The smallest absolute Gasteiger partial charge is 0.463 e. The molecule has 0 rings (SSSR count). The summed E-state index contributed by atoms with van der Waals surface area (Å²) in [5.74, 6) is -0.714. The first-order valence-electron chi connectivity index (χ1n) is 13.4. The van der Waals surface area contributed by atoms with Crippen molar-refractivity contribution in [3.8, 4) is 0 Å². The fourth-order valence-corrected chi connectivity index (χ4v) is 3.27. The van der Waals surface area contributed by atoms with Gasteiger partial charge in [-0.2, -0.15) is 4.84 Å². The molecule has 0 aliphatic rings. The first kappa shape index (κ1) is 35.3. The van der Waals surface area contributed by atoms with E-state index in [-0.39, 0.29) is 45.0 Å². The van der Waals surface area contributed by atoms with Crippen LogP contribution in [0.1, 0.15) is 90.9 Å². The van der Waals surface area contributed by atoms with E-state index in [0.29, 0.717) is 12.8 Å². The molecule has 0 radical (unpaired) electrons. The van der Waals surface area contributed by atoms with Crippen LogP contribution >= 0.6 is 0 Å². The molecule has 0 aliphatic carbocycles. The van der Waals surface area contributed by atoms with Crippen molar-refractivity contribution in [2.45, 2.75) is 103 Å². The van der Waals surface area contributed by atoms with Gasteiger partial charge in [-0.3, -0.25) is 9.59 Å². The maximum atomic E-state index is 12.1. The molecule has 0 aromatic carbocycles. The summed E-state index contributed by atoms with van der Waals surface area (Å²) in [5.41, 5.74) is 0. The topological polar surface area (TPSA) is 173 Å². The molecule has 0 aliphatic heterocycles. The van der Waals surface area contributed by atoms with Crippen LogP contribution in [0.3, 0.4) is 0 Å². The molecule has 222 valence electrons. The third kappa shape index (κ3) is 23.6. The average Bonchev–Trinajstić information content (AvgIpc) is 2.87. The molecule has 14 nitrogen and oxygen atoms in total. The second kappa shape index (κ2) is 24.6.